The molecule has 196 valence electrons. The van der Waals surface area contributed by atoms with E-state index in [1.807, 2.05) is 30.3 Å². The Bertz CT molecular complexity index is 1310. The molecule has 0 atom stereocenters. The van der Waals surface area contributed by atoms with E-state index in [1.54, 1.807) is 54.5 Å². The Labute approximate surface area is 220 Å². The molecule has 0 aliphatic carbocycles. The van der Waals surface area contributed by atoms with Gasteiger partial charge in [0.15, 0.2) is 11.5 Å². The van der Waals surface area contributed by atoms with Gasteiger partial charge in [-0.3, -0.25) is 14.4 Å². The van der Waals surface area contributed by atoms with Crippen molar-refractivity contribution in [1.82, 2.24) is 10.3 Å². The van der Waals surface area contributed by atoms with E-state index in [2.05, 4.69) is 15.8 Å². The molecule has 1 fully saturated rings. The third-order valence-electron chi connectivity index (χ3n) is 5.71. The number of carbonyl (C=O) groups excluding carboxylic acids is 3. The summed E-state index contributed by atoms with van der Waals surface area (Å²) in [6.45, 7) is 2.18. The zero-order chi connectivity index (χ0) is 26.7. The number of hydrogen-bond donors (Lipinski definition) is 2. The lowest BCUT2D eigenvalue weighted by molar-refractivity contribution is -0.136. The number of morpholine rings is 1. The van der Waals surface area contributed by atoms with Gasteiger partial charge in [0.2, 0.25) is 0 Å². The van der Waals surface area contributed by atoms with Crippen LogP contribution in [0.25, 0.3) is 0 Å². The molecule has 1 aliphatic rings. The summed E-state index contributed by atoms with van der Waals surface area (Å²) in [5, 5.41) is 6.37. The SMILES string of the molecule is COc1ccc(C=NNC(=O)C(=O)Nc2ccccc2C(=O)N2CCOCC2)cc1OCc1ccccc1. The third kappa shape index (κ3) is 6.95. The Kier molecular flexibility index (Phi) is 9.03. The molecule has 0 unspecified atom stereocenters. The Hall–Kier alpha value is -4.70. The molecule has 1 saturated heterocycles. The van der Waals surface area contributed by atoms with Gasteiger partial charge >= 0.3 is 11.8 Å². The topological polar surface area (TPSA) is 119 Å². The molecule has 1 heterocycles. The van der Waals surface area contributed by atoms with E-state index in [0.29, 0.717) is 55.5 Å². The standard InChI is InChI=1S/C28H28N4O6/c1-36-24-12-11-21(17-25(24)38-19-20-7-3-2-4-8-20)18-29-31-27(34)26(33)30-23-10-6-5-9-22(23)28(35)32-13-15-37-16-14-32/h2-12,17-18H,13-16,19H2,1H3,(H,30,33)(H,31,34). The lowest BCUT2D eigenvalue weighted by Gasteiger charge is -2.27. The molecule has 10 nitrogen and oxygen atoms in total. The first-order valence-electron chi connectivity index (χ1n) is 12.0. The van der Waals surface area contributed by atoms with Crippen LogP contribution in [0, 0.1) is 0 Å². The molecule has 3 aromatic rings. The number of benzene rings is 3. The zero-order valence-electron chi connectivity index (χ0n) is 20.9. The van der Waals surface area contributed by atoms with Gasteiger partial charge in [0.25, 0.3) is 5.91 Å². The normalized spacial score (nSPS) is 13.1. The van der Waals surface area contributed by atoms with E-state index in [4.69, 9.17) is 14.2 Å². The summed E-state index contributed by atoms with van der Waals surface area (Å²) in [7, 11) is 1.55. The van der Waals surface area contributed by atoms with Crippen LogP contribution in [0.3, 0.4) is 0 Å². The minimum atomic E-state index is -0.982. The number of carbonyl (C=O) groups is 3. The molecule has 3 aromatic carbocycles. The number of hydrogen-bond acceptors (Lipinski definition) is 7. The Balaban J connectivity index is 1.36. The third-order valence-corrected chi connectivity index (χ3v) is 5.71. The van der Waals surface area contributed by atoms with Crippen molar-refractivity contribution in [2.24, 2.45) is 5.10 Å². The summed E-state index contributed by atoms with van der Waals surface area (Å²) < 4.78 is 16.5. The van der Waals surface area contributed by atoms with Crippen molar-refractivity contribution in [2.75, 3.05) is 38.7 Å². The van der Waals surface area contributed by atoms with Crippen molar-refractivity contribution in [3.05, 3.63) is 89.5 Å². The number of nitrogens with one attached hydrogen (secondary N) is 2. The summed E-state index contributed by atoms with van der Waals surface area (Å²) in [6.07, 6.45) is 1.38. The molecule has 4 rings (SSSR count). The van der Waals surface area contributed by atoms with Gasteiger partial charge in [0.05, 0.1) is 37.8 Å². The van der Waals surface area contributed by atoms with Gasteiger partial charge in [-0.25, -0.2) is 5.43 Å². The van der Waals surface area contributed by atoms with Crippen LogP contribution in [-0.4, -0.2) is 62.2 Å². The van der Waals surface area contributed by atoms with Gasteiger partial charge in [0.1, 0.15) is 6.61 Å². The van der Waals surface area contributed by atoms with Crippen LogP contribution in [0.15, 0.2) is 77.9 Å². The predicted octanol–water partition coefficient (Wildman–Crippen LogP) is 2.84. The molecule has 0 radical (unpaired) electrons. The average Bonchev–Trinajstić information content (AvgIpc) is 2.97. The highest BCUT2D eigenvalue weighted by Gasteiger charge is 2.23. The van der Waals surface area contributed by atoms with Crippen LogP contribution >= 0.6 is 0 Å². The first kappa shape index (κ1) is 26.4. The van der Waals surface area contributed by atoms with Gasteiger partial charge in [0, 0.05) is 13.1 Å². The number of ether oxygens (including phenoxy) is 3. The maximum atomic E-state index is 12.9. The molecule has 1 aliphatic heterocycles. The molecule has 10 heteroatoms. The zero-order valence-corrected chi connectivity index (χ0v) is 20.9. The van der Waals surface area contributed by atoms with Crippen LogP contribution in [0.2, 0.25) is 0 Å². The number of para-hydroxylation sites is 1. The fraction of sp³-hybridized carbons (Fsp3) is 0.214. The molecular weight excluding hydrogens is 488 g/mol. The van der Waals surface area contributed by atoms with Gasteiger partial charge < -0.3 is 24.4 Å². The van der Waals surface area contributed by atoms with Crippen LogP contribution in [-0.2, 0) is 20.9 Å². The largest absolute Gasteiger partial charge is 0.493 e. The Morgan fingerprint density at radius 3 is 2.45 bits per heavy atom. The molecule has 3 amide bonds. The van der Waals surface area contributed by atoms with Gasteiger partial charge in [-0.05, 0) is 41.5 Å². The maximum Gasteiger partial charge on any atom is 0.329 e. The molecule has 38 heavy (non-hydrogen) atoms. The highest BCUT2D eigenvalue weighted by molar-refractivity contribution is 6.40. The smallest absolute Gasteiger partial charge is 0.329 e. The molecular formula is C28H28N4O6. The molecule has 0 bridgehead atoms. The lowest BCUT2D eigenvalue weighted by atomic mass is 10.1. The number of amides is 3. The van der Waals surface area contributed by atoms with Crippen LogP contribution in [0.1, 0.15) is 21.5 Å². The minimum absolute atomic E-state index is 0.239. The number of methoxy groups -OCH3 is 1. The molecule has 2 N–H and O–H groups in total. The van der Waals surface area contributed by atoms with Crippen molar-refractivity contribution in [1.29, 1.82) is 0 Å². The average molecular weight is 517 g/mol. The summed E-state index contributed by atoms with van der Waals surface area (Å²) in [4.78, 5) is 39.4. The summed E-state index contributed by atoms with van der Waals surface area (Å²) >= 11 is 0. The fourth-order valence-corrected chi connectivity index (χ4v) is 3.73. The van der Waals surface area contributed by atoms with E-state index in [-0.39, 0.29) is 11.6 Å². The van der Waals surface area contributed by atoms with Crippen LogP contribution in [0.5, 0.6) is 11.5 Å². The first-order valence-corrected chi connectivity index (χ1v) is 12.0. The maximum absolute atomic E-state index is 12.9. The van der Waals surface area contributed by atoms with Crippen molar-refractivity contribution in [2.45, 2.75) is 6.61 Å². The van der Waals surface area contributed by atoms with E-state index in [9.17, 15) is 14.4 Å². The summed E-state index contributed by atoms with van der Waals surface area (Å²) in [6, 6.07) is 21.4. The van der Waals surface area contributed by atoms with Crippen molar-refractivity contribution in [3.63, 3.8) is 0 Å². The van der Waals surface area contributed by atoms with E-state index in [0.717, 1.165) is 5.56 Å². The van der Waals surface area contributed by atoms with E-state index >= 15 is 0 Å². The highest BCUT2D eigenvalue weighted by atomic mass is 16.5. The van der Waals surface area contributed by atoms with Gasteiger partial charge in [-0.2, -0.15) is 5.10 Å². The van der Waals surface area contributed by atoms with Crippen molar-refractivity contribution < 1.29 is 28.6 Å². The number of anilines is 1. The molecule has 0 saturated carbocycles. The quantitative estimate of drug-likeness (QED) is 0.270. The second-order valence-corrected chi connectivity index (χ2v) is 8.29. The fourth-order valence-electron chi connectivity index (χ4n) is 3.73. The number of hydrazone groups is 1. The second-order valence-electron chi connectivity index (χ2n) is 8.29. The lowest BCUT2D eigenvalue weighted by Crippen LogP contribution is -2.41. The Morgan fingerprint density at radius 2 is 1.68 bits per heavy atom. The molecule has 0 aromatic heterocycles. The predicted molar refractivity (Wildman–Crippen MR) is 141 cm³/mol. The van der Waals surface area contributed by atoms with Gasteiger partial charge in [-0.15, -0.1) is 0 Å². The second kappa shape index (κ2) is 13.0. The first-order chi connectivity index (χ1) is 18.5. The van der Waals surface area contributed by atoms with Crippen molar-refractivity contribution >= 4 is 29.6 Å². The number of rotatable bonds is 8. The van der Waals surface area contributed by atoms with Crippen LogP contribution in [0.4, 0.5) is 5.69 Å². The molecule has 0 spiro atoms. The van der Waals surface area contributed by atoms with E-state index in [1.165, 1.54) is 6.21 Å². The van der Waals surface area contributed by atoms with Crippen molar-refractivity contribution in [3.8, 4) is 11.5 Å². The summed E-state index contributed by atoms with van der Waals surface area (Å²) in [5.41, 5.74) is 4.36. The van der Waals surface area contributed by atoms with Crippen LogP contribution < -0.4 is 20.2 Å². The van der Waals surface area contributed by atoms with Gasteiger partial charge in [-0.1, -0.05) is 42.5 Å². The number of nitrogens with zero attached hydrogens (tertiary/aromatic N) is 2. The summed E-state index contributed by atoms with van der Waals surface area (Å²) in [5.74, 6) is -1.12. The minimum Gasteiger partial charge on any atom is -0.493 e. The monoisotopic (exact) mass is 516 g/mol. The van der Waals surface area contributed by atoms with E-state index < -0.39 is 11.8 Å². The Morgan fingerprint density at radius 1 is 0.947 bits per heavy atom. The highest BCUT2D eigenvalue weighted by Crippen LogP contribution is 2.28.